The molecule has 26 heavy (non-hydrogen) atoms. The quantitative estimate of drug-likeness (QED) is 0.879. The molecule has 2 aromatic carbocycles. The van der Waals surface area contributed by atoms with E-state index in [4.69, 9.17) is 0 Å². The third-order valence-electron chi connectivity index (χ3n) is 5.24. The Balaban J connectivity index is 1.65. The van der Waals surface area contributed by atoms with Crippen molar-refractivity contribution in [2.45, 2.75) is 11.8 Å². The molecule has 0 unspecified atom stereocenters. The van der Waals surface area contributed by atoms with Crippen LogP contribution in [-0.4, -0.2) is 49.9 Å². The smallest absolute Gasteiger partial charge is 0.308 e. The van der Waals surface area contributed by atoms with E-state index in [0.29, 0.717) is 17.6 Å². The Kier molecular flexibility index (Phi) is 3.69. The summed E-state index contributed by atoms with van der Waals surface area (Å²) in [6, 6.07) is 10.4. The molecule has 1 N–H and O–H groups in total. The first-order chi connectivity index (χ1) is 12.3. The van der Waals surface area contributed by atoms with Crippen LogP contribution in [0.3, 0.4) is 0 Å². The number of sulfonamides is 1. The zero-order valence-corrected chi connectivity index (χ0v) is 14.9. The Bertz CT molecular complexity index is 1030. The van der Waals surface area contributed by atoms with Crippen LogP contribution in [0.1, 0.15) is 6.92 Å². The monoisotopic (exact) mass is 374 g/mol. The molecule has 0 aliphatic carbocycles. The lowest BCUT2D eigenvalue weighted by atomic mass is 9.99. The summed E-state index contributed by atoms with van der Waals surface area (Å²) in [4.78, 5) is 25.6. The minimum Gasteiger partial charge on any atom is -0.481 e. The number of hydrogen-bond donors (Lipinski definition) is 1. The van der Waals surface area contributed by atoms with Crippen LogP contribution in [0.5, 0.6) is 0 Å². The van der Waals surface area contributed by atoms with Gasteiger partial charge in [0.15, 0.2) is 0 Å². The third kappa shape index (κ3) is 2.36. The van der Waals surface area contributed by atoms with Gasteiger partial charge in [-0.25, -0.2) is 8.42 Å². The van der Waals surface area contributed by atoms with Crippen molar-refractivity contribution in [3.05, 3.63) is 36.4 Å². The maximum Gasteiger partial charge on any atom is 0.308 e. The van der Waals surface area contributed by atoms with E-state index in [1.165, 1.54) is 4.90 Å². The Morgan fingerprint density at radius 1 is 1.15 bits per heavy atom. The molecule has 2 atom stereocenters. The van der Waals surface area contributed by atoms with E-state index in [2.05, 4.69) is 0 Å². The molecule has 136 valence electrons. The number of benzene rings is 2. The van der Waals surface area contributed by atoms with E-state index in [0.717, 1.165) is 9.69 Å². The third-order valence-corrected chi connectivity index (χ3v) is 7.04. The number of carboxylic acid groups (broad SMARTS) is 1. The van der Waals surface area contributed by atoms with Crippen LogP contribution in [0.25, 0.3) is 10.8 Å². The van der Waals surface area contributed by atoms with Gasteiger partial charge in [0, 0.05) is 18.5 Å². The van der Waals surface area contributed by atoms with Gasteiger partial charge in [-0.15, -0.1) is 0 Å². The highest BCUT2D eigenvalue weighted by atomic mass is 32.2. The summed E-state index contributed by atoms with van der Waals surface area (Å²) in [5.41, 5.74) is 0.494. The molecule has 0 bridgehead atoms. The number of carboxylic acids is 1. The SMILES string of the molecule is C[C@@H]1CN(C(=O)CN2c3cccc4cccc(c34)S2(=O)=O)C[C@H]1C(=O)O. The number of carbonyl (C=O) groups excluding carboxylic acids is 1. The molecule has 0 radical (unpaired) electrons. The van der Waals surface area contributed by atoms with Gasteiger partial charge in [-0.2, -0.15) is 0 Å². The summed E-state index contributed by atoms with van der Waals surface area (Å²) < 4.78 is 27.0. The summed E-state index contributed by atoms with van der Waals surface area (Å²) >= 11 is 0. The first-order valence-electron chi connectivity index (χ1n) is 8.36. The van der Waals surface area contributed by atoms with Gasteiger partial charge in [-0.3, -0.25) is 13.9 Å². The second kappa shape index (κ2) is 5.70. The molecule has 0 saturated carbocycles. The number of carbonyl (C=O) groups is 2. The fraction of sp³-hybridized carbons (Fsp3) is 0.333. The molecule has 8 heteroatoms. The van der Waals surface area contributed by atoms with E-state index >= 15 is 0 Å². The number of anilines is 1. The van der Waals surface area contributed by atoms with E-state index in [1.54, 1.807) is 31.2 Å². The van der Waals surface area contributed by atoms with Gasteiger partial charge in [-0.1, -0.05) is 31.2 Å². The van der Waals surface area contributed by atoms with E-state index in [1.807, 2.05) is 12.1 Å². The van der Waals surface area contributed by atoms with Crippen molar-refractivity contribution in [2.24, 2.45) is 11.8 Å². The van der Waals surface area contributed by atoms with Crippen molar-refractivity contribution < 1.29 is 23.1 Å². The fourth-order valence-corrected chi connectivity index (χ4v) is 5.50. The normalized spacial score (nSPS) is 23.6. The van der Waals surface area contributed by atoms with Gasteiger partial charge >= 0.3 is 5.97 Å². The minimum absolute atomic E-state index is 0.111. The van der Waals surface area contributed by atoms with Gasteiger partial charge in [-0.05, 0) is 23.4 Å². The van der Waals surface area contributed by atoms with E-state index in [-0.39, 0.29) is 29.8 Å². The molecule has 2 aliphatic rings. The van der Waals surface area contributed by atoms with Gasteiger partial charge < -0.3 is 10.0 Å². The topological polar surface area (TPSA) is 95.0 Å². The molecule has 1 amide bonds. The highest BCUT2D eigenvalue weighted by molar-refractivity contribution is 7.93. The Morgan fingerprint density at radius 2 is 1.85 bits per heavy atom. The Morgan fingerprint density at radius 3 is 2.50 bits per heavy atom. The minimum atomic E-state index is -3.80. The first kappa shape index (κ1) is 16.8. The van der Waals surface area contributed by atoms with Crippen LogP contribution < -0.4 is 4.31 Å². The van der Waals surface area contributed by atoms with Crippen molar-refractivity contribution in [1.29, 1.82) is 0 Å². The number of amides is 1. The lowest BCUT2D eigenvalue weighted by molar-refractivity contribution is -0.142. The summed E-state index contributed by atoms with van der Waals surface area (Å²) in [6.07, 6.45) is 0. The highest BCUT2D eigenvalue weighted by Gasteiger charge is 2.41. The number of aliphatic carboxylic acids is 1. The number of rotatable bonds is 3. The second-order valence-corrected chi connectivity index (χ2v) is 8.69. The first-order valence-corrected chi connectivity index (χ1v) is 9.80. The van der Waals surface area contributed by atoms with Crippen LogP contribution in [0.2, 0.25) is 0 Å². The number of nitrogens with zero attached hydrogens (tertiary/aromatic N) is 2. The largest absolute Gasteiger partial charge is 0.481 e. The van der Waals surface area contributed by atoms with Crippen LogP contribution >= 0.6 is 0 Å². The Labute approximate surface area is 150 Å². The molecule has 1 fully saturated rings. The van der Waals surface area contributed by atoms with Crippen LogP contribution in [-0.2, 0) is 19.6 Å². The fourth-order valence-electron chi connectivity index (χ4n) is 3.84. The zero-order valence-electron chi connectivity index (χ0n) is 14.1. The maximum absolute atomic E-state index is 12.9. The molecule has 0 aromatic heterocycles. The van der Waals surface area contributed by atoms with E-state index in [9.17, 15) is 23.1 Å². The lowest BCUT2D eigenvalue weighted by Crippen LogP contribution is -2.41. The summed E-state index contributed by atoms with van der Waals surface area (Å²) in [5.74, 6) is -2.09. The standard InChI is InChI=1S/C18H18N2O5S/c1-11-8-19(9-13(11)18(22)23)16(21)10-20-14-6-2-4-12-5-3-7-15(17(12)14)26(20,24)25/h2-7,11,13H,8-10H2,1H3,(H,22,23)/t11-,13-/m1/s1. The Hall–Kier alpha value is -2.61. The summed E-state index contributed by atoms with van der Waals surface area (Å²) in [6.45, 7) is 1.89. The molecule has 7 nitrogen and oxygen atoms in total. The van der Waals surface area contributed by atoms with Crippen molar-refractivity contribution in [1.82, 2.24) is 4.90 Å². The van der Waals surface area contributed by atoms with Gasteiger partial charge in [0.2, 0.25) is 5.91 Å². The van der Waals surface area contributed by atoms with Gasteiger partial charge in [0.25, 0.3) is 10.0 Å². The van der Waals surface area contributed by atoms with Gasteiger partial charge in [0.1, 0.15) is 6.54 Å². The molecule has 2 heterocycles. The molecule has 2 aromatic rings. The number of hydrogen-bond acceptors (Lipinski definition) is 4. The summed E-state index contributed by atoms with van der Waals surface area (Å²) in [5, 5.41) is 10.7. The molecule has 4 rings (SSSR count). The lowest BCUT2D eigenvalue weighted by Gasteiger charge is -2.22. The van der Waals surface area contributed by atoms with Gasteiger partial charge in [0.05, 0.1) is 16.5 Å². The predicted octanol–water partition coefficient (Wildman–Crippen LogP) is 1.53. The molecule has 0 spiro atoms. The average Bonchev–Trinajstić information content (AvgIpc) is 3.08. The van der Waals surface area contributed by atoms with Crippen LogP contribution in [0.4, 0.5) is 5.69 Å². The maximum atomic E-state index is 12.9. The molecular weight excluding hydrogens is 356 g/mol. The van der Waals surface area contributed by atoms with Crippen LogP contribution in [0, 0.1) is 11.8 Å². The molecule has 2 aliphatic heterocycles. The molecule has 1 saturated heterocycles. The second-order valence-electron chi connectivity index (χ2n) is 6.86. The van der Waals surface area contributed by atoms with Crippen molar-refractivity contribution in [2.75, 3.05) is 23.9 Å². The van der Waals surface area contributed by atoms with E-state index < -0.39 is 21.9 Å². The average molecular weight is 374 g/mol. The number of likely N-dealkylation sites (tertiary alicyclic amines) is 1. The van der Waals surface area contributed by atoms with Crippen molar-refractivity contribution >= 4 is 38.4 Å². The zero-order chi connectivity index (χ0) is 18.6. The predicted molar refractivity (Wildman–Crippen MR) is 95.3 cm³/mol. The van der Waals surface area contributed by atoms with Crippen molar-refractivity contribution in [3.8, 4) is 0 Å². The highest BCUT2D eigenvalue weighted by Crippen LogP contribution is 2.41. The molecular formula is C18H18N2O5S. The van der Waals surface area contributed by atoms with Crippen LogP contribution in [0.15, 0.2) is 41.3 Å². The van der Waals surface area contributed by atoms with Crippen molar-refractivity contribution in [3.63, 3.8) is 0 Å². The summed E-state index contributed by atoms with van der Waals surface area (Å²) in [7, 11) is -3.80.